The molecule has 0 unspecified atom stereocenters. The molecule has 1 aliphatic heterocycles. The van der Waals surface area contributed by atoms with Crippen LogP contribution in [0.3, 0.4) is 0 Å². The molecule has 2 aromatic heterocycles. The van der Waals surface area contributed by atoms with Gasteiger partial charge in [-0.25, -0.2) is 14.4 Å². The SMILES string of the molecule is O=C(/C=C/c1ccc(F)cc1)N1CCN(c2ncnc3c2c(-c2ccccc2)cn3-c2ccc(Cl)cc2)CC1. The van der Waals surface area contributed by atoms with Gasteiger partial charge < -0.3 is 14.4 Å². The summed E-state index contributed by atoms with van der Waals surface area (Å²) >= 11 is 6.15. The Morgan fingerprint density at radius 3 is 2.31 bits per heavy atom. The summed E-state index contributed by atoms with van der Waals surface area (Å²) in [5.74, 6) is 0.485. The van der Waals surface area contributed by atoms with Crippen LogP contribution in [-0.4, -0.2) is 51.5 Å². The van der Waals surface area contributed by atoms with E-state index in [-0.39, 0.29) is 11.7 Å². The van der Waals surface area contributed by atoms with Crippen LogP contribution in [0.25, 0.3) is 33.9 Å². The van der Waals surface area contributed by atoms with E-state index in [1.165, 1.54) is 12.1 Å². The van der Waals surface area contributed by atoms with Crippen LogP contribution in [0.5, 0.6) is 0 Å². The van der Waals surface area contributed by atoms with E-state index in [0.717, 1.165) is 39.2 Å². The van der Waals surface area contributed by atoms with E-state index >= 15 is 0 Å². The number of piperazine rings is 1. The van der Waals surface area contributed by atoms with Gasteiger partial charge in [0.25, 0.3) is 0 Å². The Morgan fingerprint density at radius 1 is 0.872 bits per heavy atom. The molecule has 6 nitrogen and oxygen atoms in total. The van der Waals surface area contributed by atoms with Gasteiger partial charge in [-0.05, 0) is 53.6 Å². The number of anilines is 1. The fourth-order valence-corrected chi connectivity index (χ4v) is 5.03. The number of carbonyl (C=O) groups is 1. The fourth-order valence-electron chi connectivity index (χ4n) is 4.91. The average Bonchev–Trinajstić information content (AvgIpc) is 3.38. The Labute approximate surface area is 230 Å². The number of nitrogens with zero attached hydrogens (tertiary/aromatic N) is 5. The van der Waals surface area contributed by atoms with E-state index in [0.29, 0.717) is 31.2 Å². The van der Waals surface area contributed by atoms with E-state index in [1.54, 1.807) is 30.6 Å². The zero-order valence-electron chi connectivity index (χ0n) is 21.0. The summed E-state index contributed by atoms with van der Waals surface area (Å²) in [4.78, 5) is 26.3. The van der Waals surface area contributed by atoms with Crippen LogP contribution in [0.4, 0.5) is 10.2 Å². The molecule has 0 N–H and O–H groups in total. The van der Waals surface area contributed by atoms with E-state index in [4.69, 9.17) is 16.6 Å². The van der Waals surface area contributed by atoms with E-state index in [1.807, 2.05) is 47.4 Å². The maximum atomic E-state index is 13.2. The predicted molar refractivity (Wildman–Crippen MR) is 154 cm³/mol. The summed E-state index contributed by atoms with van der Waals surface area (Å²) < 4.78 is 15.2. The molecule has 0 spiro atoms. The van der Waals surface area contributed by atoms with Crippen LogP contribution < -0.4 is 4.90 Å². The zero-order valence-corrected chi connectivity index (χ0v) is 21.8. The first kappa shape index (κ1) is 24.8. The fraction of sp³-hybridized carbons (Fsp3) is 0.129. The molecule has 6 rings (SSSR count). The third-order valence-corrected chi connectivity index (χ3v) is 7.18. The third kappa shape index (κ3) is 5.13. The van der Waals surface area contributed by atoms with Gasteiger partial charge in [0.15, 0.2) is 5.65 Å². The summed E-state index contributed by atoms with van der Waals surface area (Å²) in [7, 11) is 0. The van der Waals surface area contributed by atoms with Gasteiger partial charge in [0.2, 0.25) is 5.91 Å². The maximum Gasteiger partial charge on any atom is 0.246 e. The van der Waals surface area contributed by atoms with Crippen molar-refractivity contribution < 1.29 is 9.18 Å². The molecule has 0 saturated carbocycles. The Kier molecular flexibility index (Phi) is 6.82. The summed E-state index contributed by atoms with van der Waals surface area (Å²) in [6.07, 6.45) is 6.96. The second kappa shape index (κ2) is 10.7. The molecule has 0 bridgehead atoms. The van der Waals surface area contributed by atoms with Crippen molar-refractivity contribution in [2.24, 2.45) is 0 Å². The molecule has 194 valence electrons. The van der Waals surface area contributed by atoms with Gasteiger partial charge in [-0.3, -0.25) is 4.79 Å². The highest BCUT2D eigenvalue weighted by atomic mass is 35.5. The molecule has 3 aromatic carbocycles. The molecular weight excluding hydrogens is 513 g/mol. The van der Waals surface area contributed by atoms with Crippen LogP contribution in [0.1, 0.15) is 5.56 Å². The van der Waals surface area contributed by atoms with Crippen molar-refractivity contribution >= 4 is 40.4 Å². The number of amides is 1. The highest BCUT2D eigenvalue weighted by Gasteiger charge is 2.25. The Balaban J connectivity index is 1.29. The van der Waals surface area contributed by atoms with Gasteiger partial charge in [0.05, 0.1) is 5.39 Å². The summed E-state index contributed by atoms with van der Waals surface area (Å²) in [6.45, 7) is 2.42. The topological polar surface area (TPSA) is 54.3 Å². The maximum absolute atomic E-state index is 13.2. The first-order valence-electron chi connectivity index (χ1n) is 12.7. The lowest BCUT2D eigenvalue weighted by Crippen LogP contribution is -2.48. The highest BCUT2D eigenvalue weighted by molar-refractivity contribution is 6.30. The number of benzene rings is 3. The van der Waals surface area contributed by atoms with Crippen molar-refractivity contribution in [2.75, 3.05) is 31.1 Å². The van der Waals surface area contributed by atoms with Crippen LogP contribution in [0, 0.1) is 5.82 Å². The third-order valence-electron chi connectivity index (χ3n) is 6.93. The number of halogens is 2. The molecule has 1 fully saturated rings. The van der Waals surface area contributed by atoms with Crippen LogP contribution >= 0.6 is 11.6 Å². The number of carbonyl (C=O) groups excluding carboxylic acids is 1. The molecule has 5 aromatic rings. The quantitative estimate of drug-likeness (QED) is 0.249. The lowest BCUT2D eigenvalue weighted by atomic mass is 10.1. The number of hydrogen-bond acceptors (Lipinski definition) is 4. The summed E-state index contributed by atoms with van der Waals surface area (Å²) in [5, 5.41) is 1.64. The standard InChI is InChI=1S/C31H25ClFN5O/c32-24-9-13-26(14-10-24)38-20-27(23-4-2-1-3-5-23)29-30(34-21-35-31(29)38)37-18-16-36(17-19-37)28(39)15-8-22-6-11-25(33)12-7-22/h1-15,20-21H,16-19H2/b15-8+. The van der Waals surface area contributed by atoms with Gasteiger partial charge >= 0.3 is 0 Å². The number of rotatable bonds is 5. The van der Waals surface area contributed by atoms with E-state index < -0.39 is 0 Å². The Morgan fingerprint density at radius 2 is 1.59 bits per heavy atom. The molecule has 1 aliphatic rings. The predicted octanol–water partition coefficient (Wildman–Crippen LogP) is 6.24. The number of hydrogen-bond donors (Lipinski definition) is 0. The highest BCUT2D eigenvalue weighted by Crippen LogP contribution is 2.37. The van der Waals surface area contributed by atoms with Gasteiger partial charge in [-0.15, -0.1) is 0 Å². The molecule has 0 atom stereocenters. The minimum atomic E-state index is -0.299. The minimum absolute atomic E-state index is 0.0642. The normalized spacial score (nSPS) is 13.9. The zero-order chi connectivity index (χ0) is 26.8. The van der Waals surface area contributed by atoms with Crippen LogP contribution in [-0.2, 0) is 4.79 Å². The van der Waals surface area contributed by atoms with E-state index in [9.17, 15) is 9.18 Å². The summed E-state index contributed by atoms with van der Waals surface area (Å²) in [5.41, 5.74) is 4.66. The molecule has 0 radical (unpaired) electrons. The first-order valence-corrected chi connectivity index (χ1v) is 13.1. The molecular formula is C31H25ClFN5O. The molecule has 0 aliphatic carbocycles. The van der Waals surface area contributed by atoms with Crippen molar-refractivity contribution in [2.45, 2.75) is 0 Å². The first-order chi connectivity index (χ1) is 19.1. The van der Waals surface area contributed by atoms with Gasteiger partial charge in [-0.1, -0.05) is 54.1 Å². The van der Waals surface area contributed by atoms with Gasteiger partial charge in [-0.2, -0.15) is 0 Å². The van der Waals surface area contributed by atoms with Crippen molar-refractivity contribution in [1.29, 1.82) is 0 Å². The Hall–Kier alpha value is -4.49. The number of aromatic nitrogens is 3. The Bertz CT molecular complexity index is 1640. The monoisotopic (exact) mass is 537 g/mol. The average molecular weight is 538 g/mol. The van der Waals surface area contributed by atoms with Crippen molar-refractivity contribution in [3.05, 3.63) is 114 Å². The second-order valence-electron chi connectivity index (χ2n) is 9.35. The van der Waals surface area contributed by atoms with Crippen molar-refractivity contribution in [3.8, 4) is 16.8 Å². The van der Waals surface area contributed by atoms with Crippen LogP contribution in [0.15, 0.2) is 97.5 Å². The van der Waals surface area contributed by atoms with E-state index in [2.05, 4.69) is 32.8 Å². The lowest BCUT2D eigenvalue weighted by molar-refractivity contribution is -0.126. The van der Waals surface area contributed by atoms with Gasteiger partial charge in [0.1, 0.15) is 18.0 Å². The van der Waals surface area contributed by atoms with Gasteiger partial charge in [0, 0.05) is 54.7 Å². The molecule has 39 heavy (non-hydrogen) atoms. The molecule has 1 amide bonds. The molecule has 8 heteroatoms. The molecule has 1 saturated heterocycles. The van der Waals surface area contributed by atoms with Crippen LogP contribution in [0.2, 0.25) is 5.02 Å². The van der Waals surface area contributed by atoms with Crippen molar-refractivity contribution in [3.63, 3.8) is 0 Å². The lowest BCUT2D eigenvalue weighted by Gasteiger charge is -2.35. The summed E-state index contributed by atoms with van der Waals surface area (Å²) in [6, 6.07) is 24.0. The second-order valence-corrected chi connectivity index (χ2v) is 9.78. The smallest absolute Gasteiger partial charge is 0.246 e. The van der Waals surface area contributed by atoms with Crippen molar-refractivity contribution in [1.82, 2.24) is 19.4 Å². The molecule has 3 heterocycles. The largest absolute Gasteiger partial charge is 0.352 e. The number of fused-ring (bicyclic) bond motifs is 1. The minimum Gasteiger partial charge on any atom is -0.352 e.